The van der Waals surface area contributed by atoms with Crippen molar-refractivity contribution < 1.29 is 4.79 Å². The number of nitrogens with zero attached hydrogens (tertiary/aromatic N) is 1. The smallest absolute Gasteiger partial charge is 0.316 e. The highest BCUT2D eigenvalue weighted by molar-refractivity contribution is 6.00. The van der Waals surface area contributed by atoms with E-state index in [2.05, 4.69) is 5.32 Å². The number of hydrogen-bond donors (Lipinski definition) is 2. The van der Waals surface area contributed by atoms with Crippen LogP contribution in [-0.4, -0.2) is 10.6 Å². The van der Waals surface area contributed by atoms with Crippen LogP contribution in [0.2, 0.25) is 0 Å². The molecule has 0 aliphatic carbocycles. The lowest BCUT2D eigenvalue weighted by Crippen LogP contribution is -2.18. The van der Waals surface area contributed by atoms with Crippen LogP contribution in [0.15, 0.2) is 30.5 Å². The highest BCUT2D eigenvalue weighted by atomic mass is 16.2. The van der Waals surface area contributed by atoms with Crippen molar-refractivity contribution >= 4 is 22.6 Å². The van der Waals surface area contributed by atoms with Gasteiger partial charge in [-0.2, -0.15) is 0 Å². The van der Waals surface area contributed by atoms with Gasteiger partial charge in [0.2, 0.25) is 0 Å². The van der Waals surface area contributed by atoms with Crippen molar-refractivity contribution in [2.45, 2.75) is 0 Å². The van der Waals surface area contributed by atoms with Crippen LogP contribution in [0.5, 0.6) is 0 Å². The summed E-state index contributed by atoms with van der Waals surface area (Å²) in [6.45, 7) is 0. The molecule has 0 saturated carbocycles. The molecule has 2 rings (SSSR count). The van der Waals surface area contributed by atoms with Crippen molar-refractivity contribution in [2.75, 3.05) is 5.32 Å². The highest BCUT2D eigenvalue weighted by Crippen LogP contribution is 2.24. The van der Waals surface area contributed by atoms with Crippen molar-refractivity contribution in [1.29, 1.82) is 0 Å². The number of amides is 2. The standard InChI is InChI=1S/C10H11N3O/c1-13-6-8(12-10(11)14)7-4-2-3-5-9(7)13/h2-6H,1H3,(H3,11,12,14). The monoisotopic (exact) mass is 189 g/mol. The number of hydrogen-bond acceptors (Lipinski definition) is 1. The van der Waals surface area contributed by atoms with Crippen LogP contribution in [0.1, 0.15) is 0 Å². The number of rotatable bonds is 1. The first-order valence-corrected chi connectivity index (χ1v) is 4.29. The Morgan fingerprint density at radius 2 is 2.14 bits per heavy atom. The first kappa shape index (κ1) is 8.62. The third kappa shape index (κ3) is 1.31. The van der Waals surface area contributed by atoms with E-state index in [0.29, 0.717) is 0 Å². The molecule has 1 aromatic carbocycles. The van der Waals surface area contributed by atoms with Crippen LogP contribution in [0.25, 0.3) is 10.9 Å². The summed E-state index contributed by atoms with van der Waals surface area (Å²) in [5, 5.41) is 3.58. The van der Waals surface area contributed by atoms with Crippen molar-refractivity contribution in [3.05, 3.63) is 30.5 Å². The Morgan fingerprint density at radius 3 is 2.86 bits per heavy atom. The van der Waals surface area contributed by atoms with E-state index >= 15 is 0 Å². The average Bonchev–Trinajstić information content (AvgIpc) is 2.44. The van der Waals surface area contributed by atoms with Gasteiger partial charge in [0.25, 0.3) is 0 Å². The molecule has 3 N–H and O–H groups in total. The second kappa shape index (κ2) is 3.06. The first-order chi connectivity index (χ1) is 6.68. The highest BCUT2D eigenvalue weighted by Gasteiger charge is 2.06. The molecule has 72 valence electrons. The SMILES string of the molecule is Cn1cc(NC(N)=O)c2ccccc21. The Labute approximate surface area is 81.3 Å². The van der Waals surface area contributed by atoms with Gasteiger partial charge >= 0.3 is 6.03 Å². The molecule has 0 saturated heterocycles. The van der Waals surface area contributed by atoms with Gasteiger partial charge in [0.05, 0.1) is 5.69 Å². The van der Waals surface area contributed by atoms with Gasteiger partial charge in [-0.05, 0) is 6.07 Å². The molecule has 1 aromatic heterocycles. The summed E-state index contributed by atoms with van der Waals surface area (Å²) in [5.41, 5.74) is 6.88. The number of nitrogens with two attached hydrogens (primary N) is 1. The summed E-state index contributed by atoms with van der Waals surface area (Å²) >= 11 is 0. The van der Waals surface area contributed by atoms with E-state index in [-0.39, 0.29) is 0 Å². The Hall–Kier alpha value is -1.97. The number of benzene rings is 1. The van der Waals surface area contributed by atoms with Crippen LogP contribution in [0.3, 0.4) is 0 Å². The summed E-state index contributed by atoms with van der Waals surface area (Å²) in [6, 6.07) is 7.27. The second-order valence-corrected chi connectivity index (χ2v) is 3.16. The minimum absolute atomic E-state index is 0.540. The Morgan fingerprint density at radius 1 is 1.43 bits per heavy atom. The van der Waals surface area contributed by atoms with Crippen LogP contribution < -0.4 is 11.1 Å². The lowest BCUT2D eigenvalue weighted by Gasteiger charge is -1.97. The Bertz CT molecular complexity index is 487. The van der Waals surface area contributed by atoms with Crippen LogP contribution in [0.4, 0.5) is 10.5 Å². The Kier molecular flexibility index (Phi) is 1.89. The minimum Gasteiger partial charge on any atom is -0.351 e. The van der Waals surface area contributed by atoms with Crippen molar-refractivity contribution in [1.82, 2.24) is 4.57 Å². The van der Waals surface area contributed by atoms with Crippen molar-refractivity contribution in [3.8, 4) is 0 Å². The molecule has 2 amide bonds. The summed E-state index contributed by atoms with van der Waals surface area (Å²) in [4.78, 5) is 10.7. The Balaban J connectivity index is 2.60. The van der Waals surface area contributed by atoms with Gasteiger partial charge in [-0.3, -0.25) is 0 Å². The summed E-state index contributed by atoms with van der Waals surface area (Å²) in [5.74, 6) is 0. The number of primary amides is 1. The zero-order valence-corrected chi connectivity index (χ0v) is 7.82. The largest absolute Gasteiger partial charge is 0.351 e. The van der Waals surface area contributed by atoms with E-state index in [1.165, 1.54) is 0 Å². The molecule has 0 aliphatic heterocycles. The molecule has 0 fully saturated rings. The molecule has 4 heteroatoms. The molecule has 0 bridgehead atoms. The number of carbonyl (C=O) groups excluding carboxylic acids is 1. The maximum Gasteiger partial charge on any atom is 0.316 e. The van der Waals surface area contributed by atoms with Gasteiger partial charge < -0.3 is 15.6 Å². The number of nitrogens with one attached hydrogen (secondary N) is 1. The fourth-order valence-corrected chi connectivity index (χ4v) is 1.57. The van der Waals surface area contributed by atoms with Gasteiger partial charge in [0.15, 0.2) is 0 Å². The molecule has 0 unspecified atom stereocenters. The maximum atomic E-state index is 10.7. The first-order valence-electron chi connectivity index (χ1n) is 4.29. The third-order valence-electron chi connectivity index (χ3n) is 2.15. The van der Waals surface area contributed by atoms with Gasteiger partial charge in [-0.1, -0.05) is 18.2 Å². The fourth-order valence-electron chi connectivity index (χ4n) is 1.57. The van der Waals surface area contributed by atoms with Crippen LogP contribution in [-0.2, 0) is 7.05 Å². The molecule has 14 heavy (non-hydrogen) atoms. The number of aromatic nitrogens is 1. The molecular weight excluding hydrogens is 178 g/mol. The molecule has 0 aliphatic rings. The van der Waals surface area contributed by atoms with E-state index in [4.69, 9.17) is 5.73 Å². The second-order valence-electron chi connectivity index (χ2n) is 3.16. The fraction of sp³-hybridized carbons (Fsp3) is 0.100. The molecular formula is C10H11N3O. The van der Waals surface area contributed by atoms with Gasteiger partial charge in [0.1, 0.15) is 0 Å². The van der Waals surface area contributed by atoms with Gasteiger partial charge in [-0.15, -0.1) is 0 Å². The number of carbonyl (C=O) groups is 1. The number of fused-ring (bicyclic) bond motifs is 1. The minimum atomic E-state index is -0.540. The number of aryl methyl sites for hydroxylation is 1. The normalized spacial score (nSPS) is 10.4. The summed E-state index contributed by atoms with van der Waals surface area (Å²) < 4.78 is 1.95. The topological polar surface area (TPSA) is 60.1 Å². The van der Waals surface area contributed by atoms with Gasteiger partial charge in [0, 0.05) is 24.1 Å². The average molecular weight is 189 g/mol. The zero-order valence-electron chi connectivity index (χ0n) is 7.82. The third-order valence-corrected chi connectivity index (χ3v) is 2.15. The summed E-state index contributed by atoms with van der Waals surface area (Å²) in [6.07, 6.45) is 1.84. The zero-order chi connectivity index (χ0) is 10.1. The quantitative estimate of drug-likeness (QED) is 0.704. The number of para-hydroxylation sites is 1. The van der Waals surface area contributed by atoms with Crippen molar-refractivity contribution in [2.24, 2.45) is 12.8 Å². The maximum absolute atomic E-state index is 10.7. The molecule has 0 radical (unpaired) electrons. The van der Waals surface area contributed by atoms with E-state index in [9.17, 15) is 4.79 Å². The van der Waals surface area contributed by atoms with Gasteiger partial charge in [-0.25, -0.2) is 4.79 Å². The summed E-state index contributed by atoms with van der Waals surface area (Å²) in [7, 11) is 1.93. The van der Waals surface area contributed by atoms with Crippen LogP contribution in [0, 0.1) is 0 Å². The predicted octanol–water partition coefficient (Wildman–Crippen LogP) is 1.67. The van der Waals surface area contributed by atoms with E-state index in [1.54, 1.807) is 0 Å². The van der Waals surface area contributed by atoms with Crippen molar-refractivity contribution in [3.63, 3.8) is 0 Å². The lowest BCUT2D eigenvalue weighted by molar-refractivity contribution is 0.259. The predicted molar refractivity (Wildman–Crippen MR) is 56.1 cm³/mol. The molecule has 2 aromatic rings. The number of urea groups is 1. The molecule has 0 atom stereocenters. The van der Waals surface area contributed by atoms with Crippen LogP contribution >= 0.6 is 0 Å². The molecule has 1 heterocycles. The van der Waals surface area contributed by atoms with E-state index in [0.717, 1.165) is 16.6 Å². The molecule has 4 nitrogen and oxygen atoms in total. The van der Waals surface area contributed by atoms with E-state index < -0.39 is 6.03 Å². The number of anilines is 1. The van der Waals surface area contributed by atoms with E-state index in [1.807, 2.05) is 42.1 Å². The lowest BCUT2D eigenvalue weighted by atomic mass is 10.2. The molecule has 0 spiro atoms.